The molecule has 0 bridgehead atoms. The minimum atomic E-state index is -0.326. The van der Waals surface area contributed by atoms with E-state index in [0.29, 0.717) is 23.1 Å². The van der Waals surface area contributed by atoms with Crippen LogP contribution in [0.5, 0.6) is 0 Å². The SMILES string of the molecule is Cc1nn(CC(=O)N2CCc3ccccc32)c(=O)c2c1cnn2-c1ccccc1. The number of para-hydroxylation sites is 2. The van der Waals surface area contributed by atoms with Crippen molar-refractivity contribution in [3.05, 3.63) is 82.4 Å². The molecule has 7 nitrogen and oxygen atoms in total. The fourth-order valence-corrected chi connectivity index (χ4v) is 3.90. The van der Waals surface area contributed by atoms with Crippen molar-refractivity contribution in [3.8, 4) is 5.69 Å². The van der Waals surface area contributed by atoms with Gasteiger partial charge in [0.25, 0.3) is 5.56 Å². The number of carbonyl (C=O) groups is 1. The summed E-state index contributed by atoms with van der Waals surface area (Å²) < 4.78 is 2.86. The molecule has 2 aromatic carbocycles. The average Bonchev–Trinajstić information content (AvgIpc) is 3.37. The molecule has 1 aliphatic heterocycles. The Balaban J connectivity index is 1.55. The highest BCUT2D eigenvalue weighted by molar-refractivity contribution is 5.95. The second-order valence-electron chi connectivity index (χ2n) is 7.13. The summed E-state index contributed by atoms with van der Waals surface area (Å²) >= 11 is 0. The van der Waals surface area contributed by atoms with Crippen molar-refractivity contribution >= 4 is 22.5 Å². The first-order valence-electron chi connectivity index (χ1n) is 9.52. The van der Waals surface area contributed by atoms with E-state index in [1.807, 2.05) is 61.5 Å². The number of hydrogen-bond donors (Lipinski definition) is 0. The first-order chi connectivity index (χ1) is 14.1. The van der Waals surface area contributed by atoms with Crippen LogP contribution in [0.25, 0.3) is 16.6 Å². The number of aryl methyl sites for hydroxylation is 1. The molecule has 0 aliphatic carbocycles. The molecule has 0 radical (unpaired) electrons. The lowest BCUT2D eigenvalue weighted by Gasteiger charge is -2.18. The molecule has 0 atom stereocenters. The molecule has 144 valence electrons. The Morgan fingerprint density at radius 1 is 1.07 bits per heavy atom. The van der Waals surface area contributed by atoms with E-state index in [1.54, 1.807) is 15.8 Å². The van der Waals surface area contributed by atoms with Crippen LogP contribution in [-0.4, -0.2) is 32.0 Å². The number of carbonyl (C=O) groups excluding carboxylic acids is 1. The molecule has 0 fully saturated rings. The van der Waals surface area contributed by atoms with Crippen molar-refractivity contribution < 1.29 is 4.79 Å². The standard InChI is InChI=1S/C22H19N5O2/c1-15-18-13-23-27(17-8-3-2-4-9-17)21(18)22(29)26(24-15)14-20(28)25-12-11-16-7-5-6-10-19(16)25/h2-10,13H,11-12,14H2,1H3. The number of hydrogen-bond acceptors (Lipinski definition) is 4. The van der Waals surface area contributed by atoms with Gasteiger partial charge in [-0.15, -0.1) is 0 Å². The highest BCUT2D eigenvalue weighted by atomic mass is 16.2. The van der Waals surface area contributed by atoms with Crippen LogP contribution in [0.15, 0.2) is 65.6 Å². The summed E-state index contributed by atoms with van der Waals surface area (Å²) in [6, 6.07) is 17.3. The van der Waals surface area contributed by atoms with Crippen LogP contribution in [0.3, 0.4) is 0 Å². The Morgan fingerprint density at radius 3 is 2.66 bits per heavy atom. The van der Waals surface area contributed by atoms with Crippen LogP contribution in [0, 0.1) is 6.92 Å². The van der Waals surface area contributed by atoms with Crippen molar-refractivity contribution in [2.24, 2.45) is 0 Å². The fourth-order valence-electron chi connectivity index (χ4n) is 3.90. The topological polar surface area (TPSA) is 73.0 Å². The van der Waals surface area contributed by atoms with Crippen LogP contribution in [0.1, 0.15) is 11.3 Å². The Hall–Kier alpha value is -3.74. The lowest BCUT2D eigenvalue weighted by Crippen LogP contribution is -2.37. The van der Waals surface area contributed by atoms with Gasteiger partial charge in [-0.2, -0.15) is 10.2 Å². The predicted octanol–water partition coefficient (Wildman–Crippen LogP) is 2.48. The van der Waals surface area contributed by atoms with Crippen LogP contribution >= 0.6 is 0 Å². The molecular weight excluding hydrogens is 366 g/mol. The van der Waals surface area contributed by atoms with Crippen LogP contribution in [-0.2, 0) is 17.8 Å². The summed E-state index contributed by atoms with van der Waals surface area (Å²) in [4.78, 5) is 27.9. The molecule has 2 aromatic heterocycles. The molecule has 1 amide bonds. The van der Waals surface area contributed by atoms with E-state index >= 15 is 0 Å². The third kappa shape index (κ3) is 2.82. The number of rotatable bonds is 3. The van der Waals surface area contributed by atoms with Gasteiger partial charge in [0, 0.05) is 17.6 Å². The molecule has 4 aromatic rings. The Morgan fingerprint density at radius 2 is 1.83 bits per heavy atom. The van der Waals surface area contributed by atoms with E-state index < -0.39 is 0 Å². The maximum atomic E-state index is 13.2. The van der Waals surface area contributed by atoms with E-state index in [0.717, 1.165) is 23.4 Å². The molecule has 0 N–H and O–H groups in total. The van der Waals surface area contributed by atoms with Gasteiger partial charge in [0.1, 0.15) is 12.1 Å². The first kappa shape index (κ1) is 17.4. The number of aromatic nitrogens is 4. The molecule has 3 heterocycles. The molecule has 0 saturated carbocycles. The summed E-state index contributed by atoms with van der Waals surface area (Å²) in [5.41, 5.74) is 3.62. The van der Waals surface area contributed by atoms with Gasteiger partial charge in [0.2, 0.25) is 5.91 Å². The quantitative estimate of drug-likeness (QED) is 0.543. The third-order valence-electron chi connectivity index (χ3n) is 5.34. The molecule has 7 heteroatoms. The molecule has 29 heavy (non-hydrogen) atoms. The lowest BCUT2D eigenvalue weighted by atomic mass is 10.2. The number of fused-ring (bicyclic) bond motifs is 2. The zero-order valence-corrected chi connectivity index (χ0v) is 15.9. The molecule has 1 aliphatic rings. The molecular formula is C22H19N5O2. The van der Waals surface area contributed by atoms with Crippen molar-refractivity contribution in [2.45, 2.75) is 19.9 Å². The van der Waals surface area contributed by atoms with Crippen molar-refractivity contribution in [3.63, 3.8) is 0 Å². The van der Waals surface area contributed by atoms with Gasteiger partial charge in [-0.25, -0.2) is 9.36 Å². The number of benzene rings is 2. The molecule has 0 saturated heterocycles. The van der Waals surface area contributed by atoms with E-state index in [4.69, 9.17) is 0 Å². The van der Waals surface area contributed by atoms with Gasteiger partial charge in [0.15, 0.2) is 0 Å². The predicted molar refractivity (Wildman–Crippen MR) is 110 cm³/mol. The minimum absolute atomic E-state index is 0.107. The number of anilines is 1. The largest absolute Gasteiger partial charge is 0.310 e. The average molecular weight is 385 g/mol. The van der Waals surface area contributed by atoms with E-state index in [9.17, 15) is 9.59 Å². The van der Waals surface area contributed by atoms with Gasteiger partial charge < -0.3 is 4.90 Å². The lowest BCUT2D eigenvalue weighted by molar-refractivity contribution is -0.119. The maximum Gasteiger partial charge on any atom is 0.293 e. The van der Waals surface area contributed by atoms with Crippen molar-refractivity contribution in [1.29, 1.82) is 0 Å². The van der Waals surface area contributed by atoms with Crippen molar-refractivity contribution in [2.75, 3.05) is 11.4 Å². The summed E-state index contributed by atoms with van der Waals surface area (Å²) in [6.45, 7) is 2.34. The smallest absolute Gasteiger partial charge is 0.293 e. The third-order valence-corrected chi connectivity index (χ3v) is 5.34. The second-order valence-corrected chi connectivity index (χ2v) is 7.13. The van der Waals surface area contributed by atoms with Crippen LogP contribution < -0.4 is 10.5 Å². The van der Waals surface area contributed by atoms with Gasteiger partial charge in [0.05, 0.1) is 17.6 Å². The van der Waals surface area contributed by atoms with Gasteiger partial charge in [-0.05, 0) is 37.1 Å². The number of nitrogens with zero attached hydrogens (tertiary/aromatic N) is 5. The van der Waals surface area contributed by atoms with Gasteiger partial charge >= 0.3 is 0 Å². The zero-order chi connectivity index (χ0) is 20.0. The zero-order valence-electron chi connectivity index (χ0n) is 15.9. The van der Waals surface area contributed by atoms with Gasteiger partial charge in [-0.3, -0.25) is 9.59 Å². The number of amides is 1. The summed E-state index contributed by atoms with van der Waals surface area (Å²) in [5, 5.41) is 9.45. The highest BCUT2D eigenvalue weighted by Gasteiger charge is 2.25. The maximum absolute atomic E-state index is 13.2. The summed E-state index contributed by atoms with van der Waals surface area (Å²) in [6.07, 6.45) is 2.47. The van der Waals surface area contributed by atoms with E-state index in [1.165, 1.54) is 4.68 Å². The second kappa shape index (κ2) is 6.70. The Kier molecular flexibility index (Phi) is 4.01. The molecule has 5 rings (SSSR count). The highest BCUT2D eigenvalue weighted by Crippen LogP contribution is 2.27. The van der Waals surface area contributed by atoms with Gasteiger partial charge in [-0.1, -0.05) is 36.4 Å². The van der Waals surface area contributed by atoms with E-state index in [2.05, 4.69) is 10.2 Å². The summed E-state index contributed by atoms with van der Waals surface area (Å²) in [5.74, 6) is -0.144. The van der Waals surface area contributed by atoms with Crippen LogP contribution in [0.2, 0.25) is 0 Å². The minimum Gasteiger partial charge on any atom is -0.310 e. The first-order valence-corrected chi connectivity index (χ1v) is 9.52. The Bertz CT molecular complexity index is 1290. The molecule has 0 spiro atoms. The fraction of sp³-hybridized carbons (Fsp3) is 0.182. The summed E-state index contributed by atoms with van der Waals surface area (Å²) in [7, 11) is 0. The normalized spacial score (nSPS) is 13.1. The Labute approximate surface area is 166 Å². The monoisotopic (exact) mass is 385 g/mol. The van der Waals surface area contributed by atoms with Crippen molar-refractivity contribution in [1.82, 2.24) is 19.6 Å². The molecule has 0 unspecified atom stereocenters. The van der Waals surface area contributed by atoms with Crippen LogP contribution in [0.4, 0.5) is 5.69 Å². The van der Waals surface area contributed by atoms with E-state index in [-0.39, 0.29) is 18.0 Å².